The van der Waals surface area contributed by atoms with Gasteiger partial charge in [-0.05, 0) is 12.8 Å². The van der Waals surface area contributed by atoms with E-state index in [9.17, 15) is 14.7 Å². The Hall–Kier alpha value is -2.41. The molecule has 0 saturated carbocycles. The van der Waals surface area contributed by atoms with Crippen molar-refractivity contribution < 1.29 is 19.9 Å². The van der Waals surface area contributed by atoms with Gasteiger partial charge in [-0.2, -0.15) is 0 Å². The number of ketones is 1. The number of likely N-dealkylation sites (tertiary alicyclic amines) is 1. The van der Waals surface area contributed by atoms with Crippen molar-refractivity contribution in [3.63, 3.8) is 0 Å². The van der Waals surface area contributed by atoms with Gasteiger partial charge in [-0.3, -0.25) is 9.59 Å². The van der Waals surface area contributed by atoms with Gasteiger partial charge in [-0.15, -0.1) is 0 Å². The summed E-state index contributed by atoms with van der Waals surface area (Å²) >= 11 is 0. The normalized spacial score (nSPS) is 17.6. The average Bonchev–Trinajstić information content (AvgIpc) is 2.61. The van der Waals surface area contributed by atoms with Crippen molar-refractivity contribution in [2.75, 3.05) is 13.1 Å². The largest absolute Gasteiger partial charge is 0.409 e. The molecule has 2 rings (SSSR count). The summed E-state index contributed by atoms with van der Waals surface area (Å²) in [4.78, 5) is 26.4. The molecule has 1 fully saturated rings. The smallest absolute Gasteiger partial charge is 0.225 e. The number of benzene rings is 1. The molecule has 1 atom stereocenters. The topological polar surface area (TPSA) is 116 Å². The molecule has 7 heteroatoms. The summed E-state index contributed by atoms with van der Waals surface area (Å²) in [5, 5.41) is 22.8. The Kier molecular flexibility index (Phi) is 5.92. The number of piperidine rings is 1. The molecule has 0 spiro atoms. The summed E-state index contributed by atoms with van der Waals surface area (Å²) in [6.07, 6.45) is 0.474. The van der Waals surface area contributed by atoms with E-state index >= 15 is 0 Å². The van der Waals surface area contributed by atoms with Gasteiger partial charge >= 0.3 is 0 Å². The van der Waals surface area contributed by atoms with E-state index in [4.69, 9.17) is 10.9 Å². The third kappa shape index (κ3) is 4.32. The Balaban J connectivity index is 1.94. The van der Waals surface area contributed by atoms with E-state index in [1.807, 2.05) is 0 Å². The number of amidine groups is 1. The standard InChI is InChI=1S/C17H22N3O4/c1-11(17(23)20-8-6-14(21)7-9-20)10-15(22)12-2-4-13(5-3-12)16(18)19-24/h2-5,11,14,24H,6-10H2,1H3,(H2,18,19). The van der Waals surface area contributed by atoms with Crippen LogP contribution in [0.2, 0.25) is 0 Å². The first-order valence-electron chi connectivity index (χ1n) is 7.98. The average molecular weight is 332 g/mol. The van der Waals surface area contributed by atoms with Crippen LogP contribution in [0.4, 0.5) is 0 Å². The molecule has 0 bridgehead atoms. The van der Waals surface area contributed by atoms with Crippen LogP contribution in [-0.2, 0) is 9.90 Å². The van der Waals surface area contributed by atoms with E-state index in [0.717, 1.165) is 0 Å². The van der Waals surface area contributed by atoms with Gasteiger partial charge in [-0.25, -0.2) is 5.11 Å². The highest BCUT2D eigenvalue weighted by Gasteiger charge is 2.27. The lowest BCUT2D eigenvalue weighted by atomic mass is 9.96. The van der Waals surface area contributed by atoms with Crippen LogP contribution in [0.5, 0.6) is 0 Å². The zero-order valence-electron chi connectivity index (χ0n) is 13.6. The summed E-state index contributed by atoms with van der Waals surface area (Å²) in [5.74, 6) is -0.673. The zero-order chi connectivity index (χ0) is 17.7. The van der Waals surface area contributed by atoms with Gasteiger partial charge in [0.1, 0.15) is 0 Å². The second-order valence-electron chi connectivity index (χ2n) is 6.12. The van der Waals surface area contributed by atoms with Gasteiger partial charge in [0, 0.05) is 36.6 Å². The number of nitrogens with zero attached hydrogens (tertiary/aromatic N) is 2. The van der Waals surface area contributed by atoms with E-state index in [-0.39, 0.29) is 23.9 Å². The van der Waals surface area contributed by atoms with Crippen molar-refractivity contribution in [2.45, 2.75) is 32.3 Å². The minimum atomic E-state index is -0.584. The van der Waals surface area contributed by atoms with Gasteiger partial charge in [0.25, 0.3) is 0 Å². The molecule has 1 aliphatic rings. The van der Waals surface area contributed by atoms with Crippen LogP contribution in [0, 0.1) is 5.92 Å². The number of nitrogens with two attached hydrogens (primary N) is 1. The van der Waals surface area contributed by atoms with Gasteiger partial charge in [0.15, 0.2) is 11.6 Å². The van der Waals surface area contributed by atoms with Gasteiger partial charge in [0.2, 0.25) is 5.91 Å². The molecule has 1 aromatic carbocycles. The van der Waals surface area contributed by atoms with E-state index < -0.39 is 12.0 Å². The van der Waals surface area contributed by atoms with Crippen molar-refractivity contribution in [3.8, 4) is 0 Å². The quantitative estimate of drug-likeness (QED) is 0.279. The Morgan fingerprint density at radius 3 is 2.33 bits per heavy atom. The summed E-state index contributed by atoms with van der Waals surface area (Å²) in [7, 11) is 0. The summed E-state index contributed by atoms with van der Waals surface area (Å²) < 4.78 is 0. The highest BCUT2D eigenvalue weighted by Crippen LogP contribution is 2.17. The lowest BCUT2D eigenvalue weighted by Crippen LogP contribution is -2.42. The third-order valence-corrected chi connectivity index (χ3v) is 4.28. The number of hydrogen-bond donors (Lipinski definition) is 2. The van der Waals surface area contributed by atoms with Crippen molar-refractivity contribution in [2.24, 2.45) is 16.8 Å². The van der Waals surface area contributed by atoms with Crippen LogP contribution < -0.4 is 5.73 Å². The molecule has 1 heterocycles. The Morgan fingerprint density at radius 1 is 1.25 bits per heavy atom. The first kappa shape index (κ1) is 17.9. The van der Waals surface area contributed by atoms with Gasteiger partial charge in [-0.1, -0.05) is 36.3 Å². The second-order valence-corrected chi connectivity index (χ2v) is 6.12. The zero-order valence-corrected chi connectivity index (χ0v) is 13.6. The molecule has 1 radical (unpaired) electrons. The number of amides is 1. The minimum Gasteiger partial charge on any atom is -0.409 e. The number of carbonyl (C=O) groups is 2. The van der Waals surface area contributed by atoms with Crippen LogP contribution in [0.25, 0.3) is 0 Å². The van der Waals surface area contributed by atoms with E-state index in [1.165, 1.54) is 0 Å². The van der Waals surface area contributed by atoms with Gasteiger partial charge < -0.3 is 15.8 Å². The van der Waals surface area contributed by atoms with E-state index in [2.05, 4.69) is 5.16 Å². The van der Waals surface area contributed by atoms with Gasteiger partial charge in [0.05, 0.1) is 6.10 Å². The Morgan fingerprint density at radius 2 is 1.79 bits per heavy atom. The van der Waals surface area contributed by atoms with Crippen molar-refractivity contribution in [1.29, 1.82) is 0 Å². The first-order valence-corrected chi connectivity index (χ1v) is 7.98. The Bertz CT molecular complexity index is 619. The molecule has 1 saturated heterocycles. The number of hydrogen-bond acceptors (Lipinski definition) is 4. The fourth-order valence-electron chi connectivity index (χ4n) is 2.76. The highest BCUT2D eigenvalue weighted by molar-refractivity contribution is 6.01. The molecule has 7 nitrogen and oxygen atoms in total. The van der Waals surface area contributed by atoms with Crippen LogP contribution in [-0.4, -0.2) is 46.8 Å². The summed E-state index contributed by atoms with van der Waals surface area (Å²) in [6, 6.07) is 6.37. The van der Waals surface area contributed by atoms with Crippen molar-refractivity contribution >= 4 is 17.5 Å². The van der Waals surface area contributed by atoms with Crippen molar-refractivity contribution in [1.82, 2.24) is 4.90 Å². The highest BCUT2D eigenvalue weighted by atomic mass is 16.4. The maximum atomic E-state index is 12.4. The molecule has 1 aliphatic heterocycles. The predicted molar refractivity (Wildman–Crippen MR) is 87.4 cm³/mol. The lowest BCUT2D eigenvalue weighted by Gasteiger charge is -2.30. The summed E-state index contributed by atoms with van der Waals surface area (Å²) in [5.41, 5.74) is 6.46. The van der Waals surface area contributed by atoms with E-state index in [1.54, 1.807) is 36.1 Å². The SMILES string of the molecule is CC(CC(=O)c1ccc(C(N)=NO)cc1)C(=O)N1CCC([O])CC1. The lowest BCUT2D eigenvalue weighted by molar-refractivity contribution is -0.137. The minimum absolute atomic E-state index is 0.0284. The van der Waals surface area contributed by atoms with E-state index in [0.29, 0.717) is 37.1 Å². The number of rotatable bonds is 5. The number of carbonyl (C=O) groups excluding carboxylic acids is 2. The second kappa shape index (κ2) is 7.92. The molecule has 24 heavy (non-hydrogen) atoms. The molecule has 1 aromatic rings. The molecule has 1 unspecified atom stereocenters. The molecule has 0 aromatic heterocycles. The molecule has 1 amide bonds. The Labute approximate surface area is 140 Å². The van der Waals surface area contributed by atoms with Crippen LogP contribution in [0.1, 0.15) is 42.1 Å². The summed E-state index contributed by atoms with van der Waals surface area (Å²) in [6.45, 7) is 2.67. The first-order chi connectivity index (χ1) is 11.4. The number of oxime groups is 1. The molecule has 3 N–H and O–H groups in total. The van der Waals surface area contributed by atoms with Crippen LogP contribution in [0.15, 0.2) is 29.4 Å². The predicted octanol–water partition coefficient (Wildman–Crippen LogP) is 1.41. The maximum Gasteiger partial charge on any atom is 0.225 e. The monoisotopic (exact) mass is 332 g/mol. The maximum absolute atomic E-state index is 12.4. The molecular weight excluding hydrogens is 310 g/mol. The fourth-order valence-corrected chi connectivity index (χ4v) is 2.76. The molecular formula is C17H22N3O4. The molecule has 129 valence electrons. The fraction of sp³-hybridized carbons (Fsp3) is 0.471. The van der Waals surface area contributed by atoms with Crippen molar-refractivity contribution in [3.05, 3.63) is 35.4 Å². The number of Topliss-reactive ketones (excluding diaryl/α,β-unsaturated/α-hetero) is 1. The third-order valence-electron chi connectivity index (χ3n) is 4.28. The van der Waals surface area contributed by atoms with Crippen LogP contribution in [0.3, 0.4) is 0 Å². The molecule has 0 aliphatic carbocycles. The van der Waals surface area contributed by atoms with Crippen LogP contribution >= 0.6 is 0 Å².